The number of benzene rings is 2. The van der Waals surface area contributed by atoms with Gasteiger partial charge in [0.2, 0.25) is 6.79 Å². The zero-order chi connectivity index (χ0) is 19.2. The van der Waals surface area contributed by atoms with E-state index in [0.717, 1.165) is 0 Å². The van der Waals surface area contributed by atoms with E-state index in [2.05, 4.69) is 17.2 Å². The Hall–Kier alpha value is -3.25. The van der Waals surface area contributed by atoms with Gasteiger partial charge in [-0.05, 0) is 35.9 Å². The highest BCUT2D eigenvalue weighted by Gasteiger charge is 2.17. The fourth-order valence-electron chi connectivity index (χ4n) is 2.42. The topological polar surface area (TPSA) is 76.7 Å². The van der Waals surface area contributed by atoms with Gasteiger partial charge in [-0.15, -0.1) is 6.58 Å². The van der Waals surface area contributed by atoms with Crippen molar-refractivity contribution in [3.05, 3.63) is 77.0 Å². The van der Waals surface area contributed by atoms with Gasteiger partial charge in [0.1, 0.15) is 5.70 Å². The van der Waals surface area contributed by atoms with E-state index in [1.165, 1.54) is 0 Å². The standard InChI is InChI=1S/C20H17ClN2O4/c1-2-9-22-20(25)16(23-19(24)14-5-3-4-6-15(14)21)10-13-7-8-17-18(11-13)27-12-26-17/h2-8,10-11H,1,9,12H2,(H,22,25)(H,23,24)/b16-10-. The molecule has 0 fully saturated rings. The molecule has 0 aromatic heterocycles. The number of amides is 2. The monoisotopic (exact) mass is 384 g/mol. The van der Waals surface area contributed by atoms with Crippen LogP contribution in [0.25, 0.3) is 6.08 Å². The van der Waals surface area contributed by atoms with Gasteiger partial charge in [0.25, 0.3) is 11.8 Å². The van der Waals surface area contributed by atoms with Crippen molar-refractivity contribution in [2.75, 3.05) is 13.3 Å². The molecule has 2 aromatic carbocycles. The summed E-state index contributed by atoms with van der Waals surface area (Å²) in [5.41, 5.74) is 1.01. The van der Waals surface area contributed by atoms with Gasteiger partial charge in [0, 0.05) is 6.54 Å². The summed E-state index contributed by atoms with van der Waals surface area (Å²) in [7, 11) is 0. The van der Waals surface area contributed by atoms with E-state index >= 15 is 0 Å². The molecule has 2 N–H and O–H groups in total. The number of ether oxygens (including phenoxy) is 2. The SMILES string of the molecule is C=CCNC(=O)/C(=C/c1ccc2c(c1)OCO2)NC(=O)c1ccccc1Cl. The Kier molecular flexibility index (Phi) is 5.78. The maximum Gasteiger partial charge on any atom is 0.268 e. The van der Waals surface area contributed by atoms with Crippen LogP contribution in [0.3, 0.4) is 0 Å². The van der Waals surface area contributed by atoms with Gasteiger partial charge in [-0.2, -0.15) is 0 Å². The van der Waals surface area contributed by atoms with Gasteiger partial charge in [0.15, 0.2) is 11.5 Å². The predicted octanol–water partition coefficient (Wildman–Crippen LogP) is 3.14. The highest BCUT2D eigenvalue weighted by atomic mass is 35.5. The van der Waals surface area contributed by atoms with E-state index in [9.17, 15) is 9.59 Å². The average molecular weight is 385 g/mol. The van der Waals surface area contributed by atoms with Crippen molar-refractivity contribution < 1.29 is 19.1 Å². The third-order valence-corrected chi connectivity index (χ3v) is 4.06. The molecule has 0 saturated heterocycles. The molecule has 0 bridgehead atoms. The second kappa shape index (κ2) is 8.42. The van der Waals surface area contributed by atoms with E-state index in [1.54, 1.807) is 54.6 Å². The Morgan fingerprint density at radius 3 is 2.70 bits per heavy atom. The molecule has 138 valence electrons. The zero-order valence-electron chi connectivity index (χ0n) is 14.3. The smallest absolute Gasteiger partial charge is 0.268 e. The first-order chi connectivity index (χ1) is 13.1. The minimum absolute atomic E-state index is 0.0700. The van der Waals surface area contributed by atoms with E-state index in [1.807, 2.05) is 0 Å². The molecule has 1 heterocycles. The van der Waals surface area contributed by atoms with E-state index in [-0.39, 0.29) is 24.6 Å². The van der Waals surface area contributed by atoms with E-state index < -0.39 is 11.8 Å². The maximum absolute atomic E-state index is 12.6. The summed E-state index contributed by atoms with van der Waals surface area (Å²) < 4.78 is 10.6. The second-order valence-corrected chi connectivity index (χ2v) is 6.01. The fourth-order valence-corrected chi connectivity index (χ4v) is 2.64. The van der Waals surface area contributed by atoms with Crippen molar-refractivity contribution >= 4 is 29.5 Å². The van der Waals surface area contributed by atoms with Crippen LogP contribution in [0, 0.1) is 0 Å². The van der Waals surface area contributed by atoms with Crippen LogP contribution in [0.5, 0.6) is 11.5 Å². The summed E-state index contributed by atoms with van der Waals surface area (Å²) >= 11 is 6.07. The molecule has 0 atom stereocenters. The van der Waals surface area contributed by atoms with Crippen LogP contribution in [-0.2, 0) is 4.79 Å². The van der Waals surface area contributed by atoms with Crippen molar-refractivity contribution in [1.82, 2.24) is 10.6 Å². The lowest BCUT2D eigenvalue weighted by molar-refractivity contribution is -0.117. The van der Waals surface area contributed by atoms with Gasteiger partial charge in [-0.1, -0.05) is 35.9 Å². The predicted molar refractivity (Wildman–Crippen MR) is 103 cm³/mol. The number of carbonyl (C=O) groups excluding carboxylic acids is 2. The lowest BCUT2D eigenvalue weighted by Crippen LogP contribution is -2.35. The largest absolute Gasteiger partial charge is 0.454 e. The van der Waals surface area contributed by atoms with Crippen LogP contribution in [0.2, 0.25) is 5.02 Å². The fraction of sp³-hybridized carbons (Fsp3) is 0.100. The molecule has 3 rings (SSSR count). The van der Waals surface area contributed by atoms with Crippen LogP contribution in [0.15, 0.2) is 60.8 Å². The molecule has 0 spiro atoms. The Morgan fingerprint density at radius 2 is 1.93 bits per heavy atom. The average Bonchev–Trinajstić information content (AvgIpc) is 3.13. The summed E-state index contributed by atoms with van der Waals surface area (Å²) in [4.78, 5) is 25.0. The molecule has 1 aliphatic heterocycles. The number of halogens is 1. The molecule has 1 aliphatic rings. The molecule has 2 amide bonds. The van der Waals surface area contributed by atoms with Crippen LogP contribution < -0.4 is 20.1 Å². The number of hydrogen-bond acceptors (Lipinski definition) is 4. The normalized spacial score (nSPS) is 12.4. The summed E-state index contributed by atoms with van der Waals surface area (Å²) in [6.07, 6.45) is 3.10. The van der Waals surface area contributed by atoms with Gasteiger partial charge >= 0.3 is 0 Å². The van der Waals surface area contributed by atoms with Gasteiger partial charge < -0.3 is 20.1 Å². The molecule has 0 saturated carbocycles. The molecule has 0 unspecified atom stereocenters. The highest BCUT2D eigenvalue weighted by molar-refractivity contribution is 6.34. The Bertz CT molecular complexity index is 924. The first kappa shape index (κ1) is 18.5. The third kappa shape index (κ3) is 4.48. The van der Waals surface area contributed by atoms with Crippen molar-refractivity contribution in [2.45, 2.75) is 0 Å². The molecular formula is C20H17ClN2O4. The molecule has 7 heteroatoms. The quantitative estimate of drug-likeness (QED) is 0.592. The zero-order valence-corrected chi connectivity index (χ0v) is 15.1. The Balaban J connectivity index is 1.88. The first-order valence-electron chi connectivity index (χ1n) is 8.15. The molecular weight excluding hydrogens is 368 g/mol. The Morgan fingerprint density at radius 1 is 1.15 bits per heavy atom. The second-order valence-electron chi connectivity index (χ2n) is 5.60. The summed E-state index contributed by atoms with van der Waals surface area (Å²) in [6.45, 7) is 3.98. The lowest BCUT2D eigenvalue weighted by atomic mass is 10.1. The third-order valence-electron chi connectivity index (χ3n) is 3.73. The first-order valence-corrected chi connectivity index (χ1v) is 8.52. The number of carbonyl (C=O) groups is 2. The minimum atomic E-state index is -0.485. The van der Waals surface area contributed by atoms with Crippen molar-refractivity contribution in [1.29, 1.82) is 0 Å². The van der Waals surface area contributed by atoms with Gasteiger partial charge in [-0.3, -0.25) is 9.59 Å². The number of nitrogens with one attached hydrogen (secondary N) is 2. The summed E-state index contributed by atoms with van der Waals surface area (Å²) in [5.74, 6) is 0.270. The molecule has 2 aromatic rings. The maximum atomic E-state index is 12.6. The van der Waals surface area contributed by atoms with E-state index in [0.29, 0.717) is 22.1 Å². The van der Waals surface area contributed by atoms with Crippen LogP contribution in [0.4, 0.5) is 0 Å². The van der Waals surface area contributed by atoms with Crippen LogP contribution in [0.1, 0.15) is 15.9 Å². The molecule has 6 nitrogen and oxygen atoms in total. The van der Waals surface area contributed by atoms with Crippen LogP contribution >= 0.6 is 11.6 Å². The molecule has 27 heavy (non-hydrogen) atoms. The summed E-state index contributed by atoms with van der Waals surface area (Å²) in [6, 6.07) is 11.8. The lowest BCUT2D eigenvalue weighted by Gasteiger charge is -2.11. The van der Waals surface area contributed by atoms with Gasteiger partial charge in [-0.25, -0.2) is 0 Å². The highest BCUT2D eigenvalue weighted by Crippen LogP contribution is 2.33. The van der Waals surface area contributed by atoms with Crippen molar-refractivity contribution in [3.63, 3.8) is 0 Å². The van der Waals surface area contributed by atoms with Crippen LogP contribution in [-0.4, -0.2) is 25.2 Å². The van der Waals surface area contributed by atoms with Crippen molar-refractivity contribution in [2.24, 2.45) is 0 Å². The Labute approximate surface area is 161 Å². The number of rotatable bonds is 6. The molecule has 0 radical (unpaired) electrons. The number of hydrogen-bond donors (Lipinski definition) is 2. The van der Waals surface area contributed by atoms with Crippen molar-refractivity contribution in [3.8, 4) is 11.5 Å². The molecule has 0 aliphatic carbocycles. The minimum Gasteiger partial charge on any atom is -0.454 e. The number of fused-ring (bicyclic) bond motifs is 1. The van der Waals surface area contributed by atoms with E-state index in [4.69, 9.17) is 21.1 Å². The summed E-state index contributed by atoms with van der Waals surface area (Å²) in [5, 5.41) is 5.56. The van der Waals surface area contributed by atoms with Gasteiger partial charge in [0.05, 0.1) is 10.6 Å².